The lowest BCUT2D eigenvalue weighted by molar-refractivity contribution is -0.124. The number of carbonyl (C=O) groups excluding carboxylic acids is 1. The molecule has 0 saturated carbocycles. The van der Waals surface area contributed by atoms with E-state index < -0.39 is 0 Å². The van der Waals surface area contributed by atoms with Crippen molar-refractivity contribution in [3.05, 3.63) is 23.8 Å². The number of methoxy groups -OCH3 is 1. The predicted molar refractivity (Wildman–Crippen MR) is 83.5 cm³/mol. The van der Waals surface area contributed by atoms with E-state index >= 15 is 0 Å². The minimum atomic E-state index is -0.0398. The lowest BCUT2D eigenvalue weighted by atomic mass is 9.88. The third-order valence-corrected chi connectivity index (χ3v) is 4.30. The van der Waals surface area contributed by atoms with Gasteiger partial charge in [-0.2, -0.15) is 0 Å². The van der Waals surface area contributed by atoms with Gasteiger partial charge in [0.1, 0.15) is 6.61 Å². The van der Waals surface area contributed by atoms with E-state index in [1.165, 1.54) is 0 Å². The van der Waals surface area contributed by atoms with Crippen LogP contribution in [0.15, 0.2) is 18.2 Å². The van der Waals surface area contributed by atoms with E-state index in [4.69, 9.17) is 9.47 Å². The Kier molecular flexibility index (Phi) is 4.80. The summed E-state index contributed by atoms with van der Waals surface area (Å²) >= 11 is 0. The third kappa shape index (κ3) is 3.18. The predicted octanol–water partition coefficient (Wildman–Crippen LogP) is 0.0964. The first kappa shape index (κ1) is 15.1. The zero-order valence-corrected chi connectivity index (χ0v) is 12.9. The molecule has 2 heterocycles. The van der Waals surface area contributed by atoms with Crippen LogP contribution in [0.2, 0.25) is 0 Å². The van der Waals surface area contributed by atoms with Gasteiger partial charge in [0.15, 0.2) is 11.5 Å². The van der Waals surface area contributed by atoms with Gasteiger partial charge in [0.25, 0.3) is 0 Å². The Morgan fingerprint density at radius 3 is 2.86 bits per heavy atom. The number of rotatable bonds is 1. The summed E-state index contributed by atoms with van der Waals surface area (Å²) in [7, 11) is 1.64. The Bertz CT molecular complexity index is 535. The summed E-state index contributed by atoms with van der Waals surface area (Å²) in [5, 5.41) is 9.59. The van der Waals surface area contributed by atoms with Gasteiger partial charge in [-0.3, -0.25) is 4.79 Å². The SMILES string of the molecule is COc1ccc2cc1OCCNCCNC(=O)[C@H]1CNC[C@H]21. The molecule has 0 spiro atoms. The molecule has 2 aliphatic heterocycles. The van der Waals surface area contributed by atoms with Crippen LogP contribution in [0, 0.1) is 5.92 Å². The number of carbonyl (C=O) groups is 1. The van der Waals surface area contributed by atoms with Gasteiger partial charge in [-0.1, -0.05) is 6.07 Å². The molecule has 120 valence electrons. The van der Waals surface area contributed by atoms with E-state index in [-0.39, 0.29) is 17.7 Å². The summed E-state index contributed by atoms with van der Waals surface area (Å²) < 4.78 is 11.2. The molecular formula is C16H23N3O3. The van der Waals surface area contributed by atoms with Crippen LogP contribution in [-0.4, -0.2) is 52.3 Å². The zero-order valence-electron chi connectivity index (χ0n) is 12.9. The Morgan fingerprint density at radius 1 is 1.14 bits per heavy atom. The summed E-state index contributed by atoms with van der Waals surface area (Å²) in [4.78, 5) is 12.4. The largest absolute Gasteiger partial charge is 0.493 e. The smallest absolute Gasteiger partial charge is 0.225 e. The molecule has 0 unspecified atom stereocenters. The summed E-state index contributed by atoms with van der Waals surface area (Å²) in [6.45, 7) is 4.21. The molecule has 2 bridgehead atoms. The standard InChI is InChI=1S/C16H23N3O3/c1-21-14-3-2-11-8-15(14)22-7-6-17-4-5-19-16(20)13-10-18-9-12(11)13/h2-3,8,12-13,17-18H,4-7,9-10H2,1H3,(H,19,20)/t12-,13+/m1/s1. The molecule has 1 aromatic rings. The van der Waals surface area contributed by atoms with Crippen LogP contribution in [0.25, 0.3) is 0 Å². The van der Waals surface area contributed by atoms with Crippen LogP contribution >= 0.6 is 0 Å². The highest BCUT2D eigenvalue weighted by Gasteiger charge is 2.34. The number of amides is 1. The van der Waals surface area contributed by atoms with Crippen LogP contribution in [-0.2, 0) is 4.79 Å². The lowest BCUT2D eigenvalue weighted by Gasteiger charge is -2.19. The van der Waals surface area contributed by atoms with Crippen molar-refractivity contribution in [1.29, 1.82) is 0 Å². The van der Waals surface area contributed by atoms with E-state index in [2.05, 4.69) is 16.0 Å². The average Bonchev–Trinajstić information content (AvgIpc) is 3.02. The fraction of sp³-hybridized carbons (Fsp3) is 0.562. The third-order valence-electron chi connectivity index (χ3n) is 4.30. The lowest BCUT2D eigenvalue weighted by Crippen LogP contribution is -2.38. The van der Waals surface area contributed by atoms with Gasteiger partial charge in [0, 0.05) is 38.6 Å². The Morgan fingerprint density at radius 2 is 2.00 bits per heavy atom. The second-order valence-corrected chi connectivity index (χ2v) is 5.67. The first-order valence-electron chi connectivity index (χ1n) is 7.79. The first-order valence-corrected chi connectivity index (χ1v) is 7.79. The molecule has 2 atom stereocenters. The van der Waals surface area contributed by atoms with Gasteiger partial charge >= 0.3 is 0 Å². The van der Waals surface area contributed by atoms with Gasteiger partial charge in [-0.25, -0.2) is 0 Å². The monoisotopic (exact) mass is 305 g/mol. The summed E-state index contributed by atoms with van der Waals surface area (Å²) in [6.07, 6.45) is 0. The fourth-order valence-corrected chi connectivity index (χ4v) is 3.10. The quantitative estimate of drug-likeness (QED) is 0.686. The second-order valence-electron chi connectivity index (χ2n) is 5.67. The topological polar surface area (TPSA) is 71.6 Å². The van der Waals surface area contributed by atoms with Gasteiger partial charge in [0.2, 0.25) is 5.91 Å². The Balaban J connectivity index is 1.91. The van der Waals surface area contributed by atoms with Crippen LogP contribution < -0.4 is 25.4 Å². The van der Waals surface area contributed by atoms with E-state index in [9.17, 15) is 4.79 Å². The number of hydrogen-bond donors (Lipinski definition) is 3. The van der Waals surface area contributed by atoms with Crippen molar-refractivity contribution in [3.8, 4) is 11.5 Å². The van der Waals surface area contributed by atoms with Crippen molar-refractivity contribution >= 4 is 5.91 Å². The molecular weight excluding hydrogens is 282 g/mol. The van der Waals surface area contributed by atoms with Gasteiger partial charge in [0.05, 0.1) is 13.0 Å². The van der Waals surface area contributed by atoms with Gasteiger partial charge < -0.3 is 25.4 Å². The van der Waals surface area contributed by atoms with E-state index in [1.807, 2.05) is 18.2 Å². The molecule has 1 saturated heterocycles. The van der Waals surface area contributed by atoms with Crippen LogP contribution in [0.1, 0.15) is 11.5 Å². The summed E-state index contributed by atoms with van der Waals surface area (Å²) in [5.74, 6) is 1.72. The maximum Gasteiger partial charge on any atom is 0.225 e. The second kappa shape index (κ2) is 6.98. The highest BCUT2D eigenvalue weighted by molar-refractivity contribution is 5.80. The van der Waals surface area contributed by atoms with Gasteiger partial charge in [-0.15, -0.1) is 0 Å². The number of hydrogen-bond acceptors (Lipinski definition) is 5. The van der Waals surface area contributed by atoms with Crippen LogP contribution in [0.5, 0.6) is 11.5 Å². The average molecular weight is 305 g/mol. The molecule has 1 aromatic carbocycles. The number of fused-ring (bicyclic) bond motifs is 4. The highest BCUT2D eigenvalue weighted by atomic mass is 16.5. The van der Waals surface area contributed by atoms with Crippen molar-refractivity contribution < 1.29 is 14.3 Å². The Hall–Kier alpha value is -1.79. The molecule has 3 rings (SSSR count). The zero-order chi connectivity index (χ0) is 15.4. The highest BCUT2D eigenvalue weighted by Crippen LogP contribution is 2.35. The van der Waals surface area contributed by atoms with Crippen molar-refractivity contribution in [2.75, 3.05) is 46.4 Å². The van der Waals surface area contributed by atoms with Crippen LogP contribution in [0.3, 0.4) is 0 Å². The molecule has 1 fully saturated rings. The summed E-state index contributed by atoms with van der Waals surface area (Å²) in [5.41, 5.74) is 1.12. The number of benzene rings is 1. The summed E-state index contributed by atoms with van der Waals surface area (Å²) in [6, 6.07) is 5.96. The number of nitrogens with one attached hydrogen (secondary N) is 3. The molecule has 2 aliphatic rings. The minimum absolute atomic E-state index is 0.0398. The molecule has 0 radical (unpaired) electrons. The fourth-order valence-electron chi connectivity index (χ4n) is 3.10. The molecule has 1 amide bonds. The van der Waals surface area contributed by atoms with Crippen molar-refractivity contribution in [2.24, 2.45) is 5.92 Å². The normalized spacial score (nSPS) is 25.8. The molecule has 6 heteroatoms. The van der Waals surface area contributed by atoms with Crippen LogP contribution in [0.4, 0.5) is 0 Å². The maximum absolute atomic E-state index is 12.4. The van der Waals surface area contributed by atoms with Gasteiger partial charge in [-0.05, 0) is 17.7 Å². The minimum Gasteiger partial charge on any atom is -0.493 e. The molecule has 3 N–H and O–H groups in total. The van der Waals surface area contributed by atoms with E-state index in [1.54, 1.807) is 7.11 Å². The molecule has 0 aromatic heterocycles. The molecule has 22 heavy (non-hydrogen) atoms. The van der Waals surface area contributed by atoms with E-state index in [0.717, 1.165) is 36.7 Å². The Labute approximate surface area is 130 Å². The van der Waals surface area contributed by atoms with Crippen molar-refractivity contribution in [2.45, 2.75) is 5.92 Å². The molecule has 6 nitrogen and oxygen atoms in total. The van der Waals surface area contributed by atoms with E-state index in [0.29, 0.717) is 19.7 Å². The van der Waals surface area contributed by atoms with Crippen molar-refractivity contribution in [3.63, 3.8) is 0 Å². The number of ether oxygens (including phenoxy) is 2. The molecule has 0 aliphatic carbocycles. The van der Waals surface area contributed by atoms with Crippen molar-refractivity contribution in [1.82, 2.24) is 16.0 Å². The maximum atomic E-state index is 12.4. The first-order chi connectivity index (χ1) is 10.8.